The summed E-state index contributed by atoms with van der Waals surface area (Å²) in [5.41, 5.74) is -0.0813. The van der Waals surface area contributed by atoms with E-state index in [0.29, 0.717) is 16.7 Å². The zero-order chi connectivity index (χ0) is 14.0. The van der Waals surface area contributed by atoms with Gasteiger partial charge in [-0.3, -0.25) is 4.79 Å². The van der Waals surface area contributed by atoms with Crippen molar-refractivity contribution < 1.29 is 14.3 Å². The average molecular weight is 257 g/mol. The molecule has 19 heavy (non-hydrogen) atoms. The van der Waals surface area contributed by atoms with Gasteiger partial charge in [-0.05, 0) is 19.1 Å². The number of pyridine rings is 1. The van der Waals surface area contributed by atoms with Crippen LogP contribution >= 0.6 is 0 Å². The van der Waals surface area contributed by atoms with E-state index in [9.17, 15) is 9.59 Å². The van der Waals surface area contributed by atoms with Crippen LogP contribution in [-0.4, -0.2) is 32.1 Å². The molecule has 0 aliphatic carbocycles. The highest BCUT2D eigenvalue weighted by atomic mass is 16.5. The first-order chi connectivity index (χ1) is 9.10. The Labute approximate surface area is 111 Å². The van der Waals surface area contributed by atoms with Gasteiger partial charge in [-0.15, -0.1) is 0 Å². The summed E-state index contributed by atoms with van der Waals surface area (Å²) in [7, 11) is 7.31. The zero-order valence-electron chi connectivity index (χ0n) is 10.7. The summed E-state index contributed by atoms with van der Waals surface area (Å²) < 4.78 is 11.2. The van der Waals surface area contributed by atoms with Crippen LogP contribution in [-0.2, 0) is 4.74 Å². The van der Waals surface area contributed by atoms with Crippen molar-refractivity contribution >= 4 is 24.9 Å². The predicted molar refractivity (Wildman–Crippen MR) is 71.9 cm³/mol. The second-order valence-electron chi connectivity index (χ2n) is 3.86. The van der Waals surface area contributed by atoms with Crippen molar-refractivity contribution in [2.45, 2.75) is 6.92 Å². The zero-order valence-corrected chi connectivity index (χ0v) is 10.7. The van der Waals surface area contributed by atoms with Crippen LogP contribution in [0.3, 0.4) is 0 Å². The highest BCUT2D eigenvalue weighted by Crippen LogP contribution is 2.22. The van der Waals surface area contributed by atoms with Crippen LogP contribution in [0.2, 0.25) is 0 Å². The third kappa shape index (κ3) is 2.21. The molecule has 0 aliphatic heterocycles. The Bertz CT molecular complexity index is 693. The minimum atomic E-state index is -0.684. The number of benzene rings is 1. The van der Waals surface area contributed by atoms with E-state index < -0.39 is 11.4 Å². The molecule has 0 saturated heterocycles. The number of rotatable bonds is 3. The minimum Gasteiger partial charge on any atom is -0.495 e. The Morgan fingerprint density at radius 2 is 2.16 bits per heavy atom. The Kier molecular flexibility index (Phi) is 3.60. The fraction of sp³-hybridized carbons (Fsp3) is 0.231. The van der Waals surface area contributed by atoms with Crippen molar-refractivity contribution in [3.05, 3.63) is 40.2 Å². The van der Waals surface area contributed by atoms with Crippen molar-refractivity contribution in [1.29, 1.82) is 0 Å². The number of nitrogens with zero attached hydrogens (tertiary/aromatic N) is 1. The molecule has 6 heteroatoms. The number of hydrogen-bond acceptors (Lipinski definition) is 4. The lowest BCUT2D eigenvalue weighted by molar-refractivity contribution is 0.0524. The van der Waals surface area contributed by atoms with Crippen molar-refractivity contribution in [3.8, 4) is 5.75 Å². The molecule has 1 heterocycles. The smallest absolute Gasteiger partial charge is 0.343 e. The molecular weight excluding hydrogens is 245 g/mol. The molecule has 2 rings (SSSR count). The van der Waals surface area contributed by atoms with Crippen molar-refractivity contribution in [2.24, 2.45) is 0 Å². The van der Waals surface area contributed by atoms with E-state index in [1.54, 1.807) is 25.1 Å². The molecular formula is C13H12BNO4. The van der Waals surface area contributed by atoms with E-state index >= 15 is 0 Å². The second-order valence-corrected chi connectivity index (χ2v) is 3.86. The van der Waals surface area contributed by atoms with Crippen molar-refractivity contribution in [2.75, 3.05) is 13.7 Å². The number of para-hydroxylation sites is 1. The first kappa shape index (κ1) is 13.2. The standard InChI is InChI=1S/C13H12BNO4/c1-3-19-13(17)9-7-15(14)11-8(12(9)16)5-4-6-10(11)18-2/h4-7H,3H2,1-2H3. The van der Waals surface area contributed by atoms with Gasteiger partial charge in [0.25, 0.3) is 0 Å². The Morgan fingerprint density at radius 1 is 1.42 bits per heavy atom. The van der Waals surface area contributed by atoms with Gasteiger partial charge < -0.3 is 14.0 Å². The first-order valence-corrected chi connectivity index (χ1v) is 5.74. The van der Waals surface area contributed by atoms with Crippen LogP contribution in [0.15, 0.2) is 29.2 Å². The molecule has 0 bridgehead atoms. The van der Waals surface area contributed by atoms with Crippen LogP contribution in [0.1, 0.15) is 17.3 Å². The SMILES string of the molecule is [B]n1cc(C(=O)OCC)c(=O)c2cccc(OC)c21. The molecule has 0 spiro atoms. The maximum atomic E-state index is 12.2. The monoisotopic (exact) mass is 257 g/mol. The number of ether oxygens (including phenoxy) is 2. The minimum absolute atomic E-state index is 0.0925. The molecule has 0 fully saturated rings. The molecule has 96 valence electrons. The normalized spacial score (nSPS) is 10.4. The summed E-state index contributed by atoms with van der Waals surface area (Å²) in [5, 5.41) is 0.312. The van der Waals surface area contributed by atoms with E-state index in [4.69, 9.17) is 17.5 Å². The molecule has 1 aromatic carbocycles. The van der Waals surface area contributed by atoms with Gasteiger partial charge in [-0.25, -0.2) is 4.79 Å². The van der Waals surface area contributed by atoms with Crippen LogP contribution in [0, 0.1) is 0 Å². The van der Waals surface area contributed by atoms with Gasteiger partial charge in [0.05, 0.1) is 19.2 Å². The number of carbonyl (C=O) groups is 1. The lowest BCUT2D eigenvalue weighted by Gasteiger charge is -2.12. The maximum Gasteiger partial charge on any atom is 0.343 e. The Hall–Kier alpha value is -2.24. The molecule has 0 N–H and O–H groups in total. The van der Waals surface area contributed by atoms with Crippen molar-refractivity contribution in [3.63, 3.8) is 0 Å². The number of esters is 1. The summed E-state index contributed by atoms with van der Waals surface area (Å²) in [4.78, 5) is 23.9. The fourth-order valence-corrected chi connectivity index (χ4v) is 1.90. The van der Waals surface area contributed by atoms with Gasteiger partial charge in [0.2, 0.25) is 13.4 Å². The Morgan fingerprint density at radius 3 is 2.79 bits per heavy atom. The van der Waals surface area contributed by atoms with Crippen LogP contribution in [0.5, 0.6) is 5.75 Å². The molecule has 5 nitrogen and oxygen atoms in total. The summed E-state index contributed by atoms with van der Waals surface area (Å²) in [6, 6.07) is 4.94. The summed E-state index contributed by atoms with van der Waals surface area (Å²) in [6.07, 6.45) is 1.26. The summed E-state index contributed by atoms with van der Waals surface area (Å²) in [5.74, 6) is -0.219. The summed E-state index contributed by atoms with van der Waals surface area (Å²) >= 11 is 0. The fourth-order valence-electron chi connectivity index (χ4n) is 1.90. The van der Waals surface area contributed by atoms with Gasteiger partial charge in [0.1, 0.15) is 11.3 Å². The van der Waals surface area contributed by atoms with Gasteiger partial charge in [-0.1, -0.05) is 6.07 Å². The van der Waals surface area contributed by atoms with E-state index in [0.717, 1.165) is 0 Å². The molecule has 2 aromatic rings. The number of methoxy groups -OCH3 is 1. The highest BCUT2D eigenvalue weighted by Gasteiger charge is 2.16. The lowest BCUT2D eigenvalue weighted by atomic mass is 10.1. The van der Waals surface area contributed by atoms with Gasteiger partial charge >= 0.3 is 5.97 Å². The van der Waals surface area contributed by atoms with E-state index in [-0.39, 0.29) is 12.2 Å². The maximum absolute atomic E-state index is 12.2. The number of aromatic nitrogens is 1. The van der Waals surface area contributed by atoms with Crippen LogP contribution < -0.4 is 10.2 Å². The van der Waals surface area contributed by atoms with E-state index in [1.807, 2.05) is 0 Å². The molecule has 0 unspecified atom stereocenters. The largest absolute Gasteiger partial charge is 0.495 e. The number of carbonyl (C=O) groups excluding carboxylic acids is 1. The quantitative estimate of drug-likeness (QED) is 0.610. The van der Waals surface area contributed by atoms with E-state index in [2.05, 4.69) is 0 Å². The molecule has 0 atom stereocenters. The molecule has 1 aromatic heterocycles. The topological polar surface area (TPSA) is 57.5 Å². The van der Waals surface area contributed by atoms with Crippen molar-refractivity contribution in [1.82, 2.24) is 4.48 Å². The van der Waals surface area contributed by atoms with Crippen LogP contribution in [0.25, 0.3) is 10.9 Å². The van der Waals surface area contributed by atoms with E-state index in [1.165, 1.54) is 17.8 Å². The third-order valence-electron chi connectivity index (χ3n) is 2.73. The summed E-state index contributed by atoms with van der Waals surface area (Å²) in [6.45, 7) is 1.86. The molecule has 0 amide bonds. The predicted octanol–water partition coefficient (Wildman–Crippen LogP) is 1.12. The van der Waals surface area contributed by atoms with Gasteiger partial charge in [0, 0.05) is 11.6 Å². The molecule has 2 radical (unpaired) electrons. The highest BCUT2D eigenvalue weighted by molar-refractivity contribution is 6.13. The Balaban J connectivity index is 2.77. The molecule has 0 saturated carbocycles. The van der Waals surface area contributed by atoms with Gasteiger partial charge in [0.15, 0.2) is 0 Å². The molecule has 0 aliphatic rings. The first-order valence-electron chi connectivity index (χ1n) is 5.74. The average Bonchev–Trinajstić information content (AvgIpc) is 2.42. The third-order valence-corrected chi connectivity index (χ3v) is 2.73. The lowest BCUT2D eigenvalue weighted by Crippen LogP contribution is -2.20. The van der Waals surface area contributed by atoms with Crippen LogP contribution in [0.4, 0.5) is 0 Å². The number of hydrogen-bond donors (Lipinski definition) is 0. The van der Waals surface area contributed by atoms with Gasteiger partial charge in [-0.2, -0.15) is 0 Å². The number of fused-ring (bicyclic) bond motifs is 1. The second kappa shape index (κ2) is 5.18.